The molecule has 1 aromatic carbocycles. The van der Waals surface area contributed by atoms with Crippen molar-refractivity contribution in [2.45, 2.75) is 19.4 Å². The molecule has 29 heavy (non-hydrogen) atoms. The fraction of sp³-hybridized carbons (Fsp3) is 0.429. The molecule has 0 saturated carbocycles. The molecule has 1 atom stereocenters. The number of carbonyl (C=O) groups excluding carboxylic acids is 1. The molecule has 3 aromatic rings. The van der Waals surface area contributed by atoms with E-state index in [0.29, 0.717) is 11.7 Å². The van der Waals surface area contributed by atoms with E-state index in [1.807, 2.05) is 42.2 Å². The molecule has 4 heterocycles. The van der Waals surface area contributed by atoms with Crippen molar-refractivity contribution in [3.63, 3.8) is 0 Å². The highest BCUT2D eigenvalue weighted by Crippen LogP contribution is 2.23. The minimum atomic E-state index is -0.0234. The summed E-state index contributed by atoms with van der Waals surface area (Å²) in [5.41, 5.74) is 2.98. The van der Waals surface area contributed by atoms with Crippen LogP contribution in [0.15, 0.2) is 36.5 Å². The highest BCUT2D eigenvalue weighted by Gasteiger charge is 2.33. The predicted octanol–water partition coefficient (Wildman–Crippen LogP) is 1.24. The highest BCUT2D eigenvalue weighted by atomic mass is 16.2. The predicted molar refractivity (Wildman–Crippen MR) is 110 cm³/mol. The van der Waals surface area contributed by atoms with Crippen LogP contribution in [0.4, 0.5) is 0 Å². The summed E-state index contributed by atoms with van der Waals surface area (Å²) in [5.74, 6) is -0.0234. The van der Waals surface area contributed by atoms with E-state index in [1.165, 1.54) is 0 Å². The standard InChI is InChI=1S/C21H25N7O/c1-15-20(21(29)27-11-7-16(14-27)26-12-9-22-10-13-26)24-25-28(15)19-6-2-5-18-17(19)4-3-8-23-18/h2-6,8,16,22H,7,9-14H2,1H3. The van der Waals surface area contributed by atoms with Crippen LogP contribution in [-0.4, -0.2) is 81.0 Å². The molecule has 0 aliphatic carbocycles. The number of likely N-dealkylation sites (tertiary alicyclic amines) is 1. The SMILES string of the molecule is Cc1c(C(=O)N2CCC(N3CCNCC3)C2)nnn1-c1cccc2ncccc12. The lowest BCUT2D eigenvalue weighted by molar-refractivity contribution is 0.0767. The number of hydrogen-bond donors (Lipinski definition) is 1. The maximum atomic E-state index is 13.2. The van der Waals surface area contributed by atoms with Gasteiger partial charge in [-0.15, -0.1) is 5.10 Å². The van der Waals surface area contributed by atoms with Gasteiger partial charge in [-0.25, -0.2) is 4.68 Å². The maximum absolute atomic E-state index is 13.2. The van der Waals surface area contributed by atoms with Crippen LogP contribution in [0.1, 0.15) is 22.6 Å². The van der Waals surface area contributed by atoms with Crippen LogP contribution in [0.25, 0.3) is 16.6 Å². The number of fused-ring (bicyclic) bond motifs is 1. The number of nitrogens with zero attached hydrogens (tertiary/aromatic N) is 6. The number of hydrogen-bond acceptors (Lipinski definition) is 6. The number of aromatic nitrogens is 4. The molecule has 2 saturated heterocycles. The largest absolute Gasteiger partial charge is 0.336 e. The normalized spacial score (nSPS) is 20.4. The summed E-state index contributed by atoms with van der Waals surface area (Å²) in [6.45, 7) is 7.61. The Morgan fingerprint density at radius 3 is 2.86 bits per heavy atom. The fourth-order valence-electron chi connectivity index (χ4n) is 4.45. The zero-order chi connectivity index (χ0) is 19.8. The van der Waals surface area contributed by atoms with Gasteiger partial charge < -0.3 is 10.2 Å². The second-order valence-electron chi connectivity index (χ2n) is 7.76. The molecule has 2 aliphatic rings. The maximum Gasteiger partial charge on any atom is 0.276 e. The Morgan fingerprint density at radius 1 is 1.14 bits per heavy atom. The molecule has 2 aliphatic heterocycles. The number of piperazine rings is 1. The van der Waals surface area contributed by atoms with Gasteiger partial charge in [0.15, 0.2) is 5.69 Å². The Bertz CT molecular complexity index is 1040. The molecule has 5 rings (SSSR count). The van der Waals surface area contributed by atoms with Gasteiger partial charge in [0.1, 0.15) is 0 Å². The van der Waals surface area contributed by atoms with E-state index in [9.17, 15) is 4.79 Å². The lowest BCUT2D eigenvalue weighted by atomic mass is 10.1. The van der Waals surface area contributed by atoms with Gasteiger partial charge in [0.25, 0.3) is 5.91 Å². The molecule has 150 valence electrons. The summed E-state index contributed by atoms with van der Waals surface area (Å²) in [6, 6.07) is 10.3. The molecule has 0 radical (unpaired) electrons. The van der Waals surface area contributed by atoms with E-state index in [2.05, 4.69) is 25.5 Å². The lowest BCUT2D eigenvalue weighted by Gasteiger charge is -2.32. The van der Waals surface area contributed by atoms with E-state index >= 15 is 0 Å². The number of carbonyl (C=O) groups is 1. The summed E-state index contributed by atoms with van der Waals surface area (Å²) < 4.78 is 1.75. The van der Waals surface area contributed by atoms with Gasteiger partial charge in [-0.3, -0.25) is 14.7 Å². The number of benzene rings is 1. The second-order valence-corrected chi connectivity index (χ2v) is 7.76. The third kappa shape index (κ3) is 3.28. The van der Waals surface area contributed by atoms with E-state index < -0.39 is 0 Å². The number of rotatable bonds is 3. The summed E-state index contributed by atoms with van der Waals surface area (Å²) in [6.07, 6.45) is 2.80. The van der Waals surface area contributed by atoms with Gasteiger partial charge in [0.2, 0.25) is 0 Å². The topological polar surface area (TPSA) is 79.2 Å². The Labute approximate surface area is 169 Å². The van der Waals surface area contributed by atoms with Crippen LogP contribution in [0.5, 0.6) is 0 Å². The molecule has 8 nitrogen and oxygen atoms in total. The number of pyridine rings is 1. The van der Waals surface area contributed by atoms with E-state index in [4.69, 9.17) is 0 Å². The number of amides is 1. The molecule has 1 unspecified atom stereocenters. The summed E-state index contributed by atoms with van der Waals surface area (Å²) in [5, 5.41) is 12.9. The fourth-order valence-corrected chi connectivity index (χ4v) is 4.45. The van der Waals surface area contributed by atoms with E-state index in [1.54, 1.807) is 10.9 Å². The first kappa shape index (κ1) is 18.2. The summed E-state index contributed by atoms with van der Waals surface area (Å²) in [4.78, 5) is 22.0. The first-order valence-corrected chi connectivity index (χ1v) is 10.2. The van der Waals surface area contributed by atoms with Gasteiger partial charge in [-0.2, -0.15) is 0 Å². The zero-order valence-corrected chi connectivity index (χ0v) is 16.6. The molecular formula is C21H25N7O. The Kier molecular flexibility index (Phi) is 4.73. The van der Waals surface area contributed by atoms with Crippen molar-refractivity contribution in [3.8, 4) is 5.69 Å². The van der Waals surface area contributed by atoms with Crippen LogP contribution < -0.4 is 5.32 Å². The molecular weight excluding hydrogens is 366 g/mol. The molecule has 2 aromatic heterocycles. The molecule has 1 amide bonds. The van der Waals surface area contributed by atoms with Gasteiger partial charge in [-0.05, 0) is 37.6 Å². The second kappa shape index (κ2) is 7.53. The summed E-state index contributed by atoms with van der Waals surface area (Å²) >= 11 is 0. The Hall–Kier alpha value is -2.84. The van der Waals surface area contributed by atoms with Crippen molar-refractivity contribution >= 4 is 16.8 Å². The van der Waals surface area contributed by atoms with Gasteiger partial charge in [-0.1, -0.05) is 11.3 Å². The van der Waals surface area contributed by atoms with Crippen LogP contribution in [0.2, 0.25) is 0 Å². The monoisotopic (exact) mass is 391 g/mol. The van der Waals surface area contributed by atoms with Crippen molar-refractivity contribution in [2.24, 2.45) is 0 Å². The zero-order valence-electron chi connectivity index (χ0n) is 16.6. The first-order chi connectivity index (χ1) is 14.2. The van der Waals surface area contributed by atoms with Crippen LogP contribution in [0, 0.1) is 6.92 Å². The van der Waals surface area contributed by atoms with Crippen molar-refractivity contribution in [1.29, 1.82) is 0 Å². The molecule has 2 fully saturated rings. The molecule has 0 spiro atoms. The van der Waals surface area contributed by atoms with Crippen LogP contribution in [-0.2, 0) is 0 Å². The molecule has 1 N–H and O–H groups in total. The summed E-state index contributed by atoms with van der Waals surface area (Å²) in [7, 11) is 0. The van der Waals surface area contributed by atoms with Crippen molar-refractivity contribution in [2.75, 3.05) is 39.3 Å². The smallest absolute Gasteiger partial charge is 0.276 e. The molecule has 0 bridgehead atoms. The Morgan fingerprint density at radius 2 is 2.00 bits per heavy atom. The average Bonchev–Trinajstić information content (AvgIpc) is 3.41. The van der Waals surface area contributed by atoms with Gasteiger partial charge in [0, 0.05) is 56.9 Å². The number of nitrogens with one attached hydrogen (secondary N) is 1. The van der Waals surface area contributed by atoms with E-state index in [0.717, 1.165) is 68.0 Å². The van der Waals surface area contributed by atoms with Gasteiger partial charge in [0.05, 0.1) is 16.9 Å². The first-order valence-electron chi connectivity index (χ1n) is 10.2. The quantitative estimate of drug-likeness (QED) is 0.724. The van der Waals surface area contributed by atoms with Crippen molar-refractivity contribution in [1.82, 2.24) is 35.1 Å². The third-order valence-electron chi connectivity index (χ3n) is 6.07. The average molecular weight is 391 g/mol. The molecule has 8 heteroatoms. The van der Waals surface area contributed by atoms with Gasteiger partial charge >= 0.3 is 0 Å². The van der Waals surface area contributed by atoms with Crippen molar-refractivity contribution < 1.29 is 4.79 Å². The minimum Gasteiger partial charge on any atom is -0.336 e. The minimum absolute atomic E-state index is 0.0234. The Balaban J connectivity index is 1.39. The lowest BCUT2D eigenvalue weighted by Crippen LogP contribution is -2.49. The third-order valence-corrected chi connectivity index (χ3v) is 6.07. The van der Waals surface area contributed by atoms with Crippen LogP contribution in [0.3, 0.4) is 0 Å². The highest BCUT2D eigenvalue weighted by molar-refractivity contribution is 5.94. The van der Waals surface area contributed by atoms with Crippen molar-refractivity contribution in [3.05, 3.63) is 47.9 Å². The van der Waals surface area contributed by atoms with E-state index in [-0.39, 0.29) is 5.91 Å². The van der Waals surface area contributed by atoms with Crippen LogP contribution >= 0.6 is 0 Å².